The number of amides is 1. The molecule has 8 nitrogen and oxygen atoms in total. The Hall–Kier alpha value is -3.70. The van der Waals surface area contributed by atoms with E-state index in [0.717, 1.165) is 17.7 Å². The molecule has 31 heavy (non-hydrogen) atoms. The SMILES string of the molecule is Cc1cc(C#N)ccc1-c1c[nH]n(-c2ccc(C(=O)N3CCN(C)C(C)C3)cn2)c1=O. The summed E-state index contributed by atoms with van der Waals surface area (Å²) in [6.45, 7) is 6.18. The van der Waals surface area contributed by atoms with Gasteiger partial charge in [-0.3, -0.25) is 14.7 Å². The van der Waals surface area contributed by atoms with Gasteiger partial charge in [0.05, 0.1) is 22.8 Å². The van der Waals surface area contributed by atoms with Crippen LogP contribution in [0.4, 0.5) is 0 Å². The van der Waals surface area contributed by atoms with Crippen molar-refractivity contribution >= 4 is 5.91 Å². The minimum Gasteiger partial charge on any atom is -0.336 e. The summed E-state index contributed by atoms with van der Waals surface area (Å²) < 4.78 is 1.35. The van der Waals surface area contributed by atoms with Gasteiger partial charge in [-0.05, 0) is 56.3 Å². The molecule has 4 rings (SSSR count). The van der Waals surface area contributed by atoms with Crippen LogP contribution in [0.5, 0.6) is 0 Å². The summed E-state index contributed by atoms with van der Waals surface area (Å²) in [6, 6.07) is 11.0. The number of pyridine rings is 1. The average molecular weight is 416 g/mol. The Kier molecular flexibility index (Phi) is 5.44. The molecule has 0 radical (unpaired) electrons. The van der Waals surface area contributed by atoms with Gasteiger partial charge in [0.15, 0.2) is 5.82 Å². The molecule has 3 heterocycles. The molecule has 1 aliphatic heterocycles. The summed E-state index contributed by atoms with van der Waals surface area (Å²) in [7, 11) is 2.06. The zero-order valence-electron chi connectivity index (χ0n) is 17.8. The predicted octanol–water partition coefficient (Wildman–Crippen LogP) is 2.18. The molecule has 1 unspecified atom stereocenters. The number of piperazine rings is 1. The molecule has 1 aliphatic rings. The highest BCUT2D eigenvalue weighted by atomic mass is 16.2. The lowest BCUT2D eigenvalue weighted by atomic mass is 10.0. The maximum absolute atomic E-state index is 13.0. The van der Waals surface area contributed by atoms with Crippen LogP contribution in [0, 0.1) is 18.3 Å². The summed E-state index contributed by atoms with van der Waals surface area (Å²) in [5.41, 5.74) is 2.91. The first-order chi connectivity index (χ1) is 14.9. The third-order valence-corrected chi connectivity index (χ3v) is 5.89. The van der Waals surface area contributed by atoms with Crippen molar-refractivity contribution in [2.75, 3.05) is 26.7 Å². The molecule has 0 bridgehead atoms. The van der Waals surface area contributed by atoms with Gasteiger partial charge < -0.3 is 9.80 Å². The maximum atomic E-state index is 13.0. The van der Waals surface area contributed by atoms with E-state index >= 15 is 0 Å². The molecule has 0 aliphatic carbocycles. The van der Waals surface area contributed by atoms with Crippen LogP contribution in [0.3, 0.4) is 0 Å². The van der Waals surface area contributed by atoms with E-state index in [1.165, 1.54) is 10.9 Å². The van der Waals surface area contributed by atoms with E-state index in [2.05, 4.69) is 35.0 Å². The number of hydrogen-bond acceptors (Lipinski definition) is 5. The van der Waals surface area contributed by atoms with Gasteiger partial charge >= 0.3 is 0 Å². The lowest BCUT2D eigenvalue weighted by molar-refractivity contribution is 0.0572. The van der Waals surface area contributed by atoms with Crippen LogP contribution in [0.15, 0.2) is 47.5 Å². The fourth-order valence-electron chi connectivity index (χ4n) is 3.83. The molecule has 1 N–H and O–H groups in total. The molecule has 0 spiro atoms. The molecule has 1 saturated heterocycles. The third kappa shape index (κ3) is 3.88. The predicted molar refractivity (Wildman–Crippen MR) is 117 cm³/mol. The Balaban J connectivity index is 1.57. The van der Waals surface area contributed by atoms with Crippen LogP contribution < -0.4 is 5.56 Å². The van der Waals surface area contributed by atoms with Crippen molar-refractivity contribution in [3.05, 3.63) is 69.8 Å². The molecule has 0 saturated carbocycles. The van der Waals surface area contributed by atoms with Crippen LogP contribution in [0.1, 0.15) is 28.4 Å². The lowest BCUT2D eigenvalue weighted by Gasteiger charge is -2.37. The highest BCUT2D eigenvalue weighted by Crippen LogP contribution is 2.21. The van der Waals surface area contributed by atoms with Gasteiger partial charge in [-0.2, -0.15) is 5.26 Å². The zero-order chi connectivity index (χ0) is 22.1. The van der Waals surface area contributed by atoms with Gasteiger partial charge in [0.25, 0.3) is 11.5 Å². The number of carbonyl (C=O) groups excluding carboxylic acids is 1. The van der Waals surface area contributed by atoms with Gasteiger partial charge in [-0.25, -0.2) is 9.67 Å². The van der Waals surface area contributed by atoms with Gasteiger partial charge in [0, 0.05) is 38.1 Å². The van der Waals surface area contributed by atoms with Gasteiger partial charge in [0.2, 0.25) is 0 Å². The van der Waals surface area contributed by atoms with E-state index in [4.69, 9.17) is 5.26 Å². The van der Waals surface area contributed by atoms with E-state index in [1.54, 1.807) is 36.5 Å². The minimum atomic E-state index is -0.243. The number of nitrogens with zero attached hydrogens (tertiary/aromatic N) is 5. The van der Waals surface area contributed by atoms with Crippen LogP contribution in [0.2, 0.25) is 0 Å². The molecular weight excluding hydrogens is 392 g/mol. The van der Waals surface area contributed by atoms with E-state index in [-0.39, 0.29) is 11.5 Å². The van der Waals surface area contributed by atoms with Crippen molar-refractivity contribution in [3.63, 3.8) is 0 Å². The largest absolute Gasteiger partial charge is 0.336 e. The normalized spacial score (nSPS) is 16.8. The second-order valence-electron chi connectivity index (χ2n) is 7.96. The lowest BCUT2D eigenvalue weighted by Crippen LogP contribution is -2.52. The molecule has 3 aromatic rings. The molecule has 1 atom stereocenters. The molecular formula is C23H24N6O2. The van der Waals surface area contributed by atoms with Crippen LogP contribution in [0.25, 0.3) is 16.9 Å². The first kappa shape index (κ1) is 20.6. The van der Waals surface area contributed by atoms with Crippen molar-refractivity contribution < 1.29 is 4.79 Å². The van der Waals surface area contributed by atoms with Gasteiger partial charge in [-0.1, -0.05) is 6.07 Å². The van der Waals surface area contributed by atoms with Crippen molar-refractivity contribution in [2.45, 2.75) is 19.9 Å². The standard InChI is InChI=1S/C23H24N6O2/c1-15-10-17(11-24)4-6-19(15)20-13-26-29(23(20)31)21-7-5-18(12-25-21)22(30)28-9-8-27(3)16(2)14-28/h4-7,10,12-13,16,26H,8-9,14H2,1-3H3. The van der Waals surface area contributed by atoms with Gasteiger partial charge in [-0.15, -0.1) is 0 Å². The third-order valence-electron chi connectivity index (χ3n) is 5.89. The molecule has 1 amide bonds. The number of aromatic nitrogens is 3. The Morgan fingerprint density at radius 3 is 2.68 bits per heavy atom. The summed E-state index contributed by atoms with van der Waals surface area (Å²) in [5.74, 6) is 0.359. The number of likely N-dealkylation sites (N-methyl/N-ethyl adjacent to an activating group) is 1. The van der Waals surface area contributed by atoms with Crippen LogP contribution >= 0.6 is 0 Å². The summed E-state index contributed by atoms with van der Waals surface area (Å²) in [5, 5.41) is 12.0. The number of nitrogens with one attached hydrogen (secondary N) is 1. The molecule has 2 aromatic heterocycles. The second kappa shape index (κ2) is 8.20. The summed E-state index contributed by atoms with van der Waals surface area (Å²) in [6.07, 6.45) is 3.14. The van der Waals surface area contributed by atoms with E-state index in [1.807, 2.05) is 11.8 Å². The van der Waals surface area contributed by atoms with Crippen molar-refractivity contribution in [2.24, 2.45) is 0 Å². The smallest absolute Gasteiger partial charge is 0.280 e. The van der Waals surface area contributed by atoms with E-state index in [9.17, 15) is 9.59 Å². The summed E-state index contributed by atoms with van der Waals surface area (Å²) >= 11 is 0. The van der Waals surface area contributed by atoms with Crippen molar-refractivity contribution in [3.8, 4) is 23.0 Å². The number of H-pyrrole nitrogens is 1. The van der Waals surface area contributed by atoms with E-state index in [0.29, 0.717) is 41.6 Å². The highest BCUT2D eigenvalue weighted by molar-refractivity contribution is 5.94. The number of aryl methyl sites for hydroxylation is 1. The van der Waals surface area contributed by atoms with Crippen molar-refractivity contribution in [1.82, 2.24) is 24.6 Å². The quantitative estimate of drug-likeness (QED) is 0.706. The molecule has 1 aromatic carbocycles. The molecule has 158 valence electrons. The fourth-order valence-corrected chi connectivity index (χ4v) is 3.83. The number of carbonyl (C=O) groups is 1. The number of benzene rings is 1. The van der Waals surface area contributed by atoms with Crippen LogP contribution in [-0.4, -0.2) is 63.2 Å². The Morgan fingerprint density at radius 1 is 1.23 bits per heavy atom. The number of nitriles is 1. The first-order valence-electron chi connectivity index (χ1n) is 10.2. The Labute approximate surface area is 180 Å². The van der Waals surface area contributed by atoms with Gasteiger partial charge in [0.1, 0.15) is 0 Å². The molecule has 1 fully saturated rings. The van der Waals surface area contributed by atoms with Crippen LogP contribution in [-0.2, 0) is 0 Å². The monoisotopic (exact) mass is 416 g/mol. The topological polar surface area (TPSA) is 98.0 Å². The van der Waals surface area contributed by atoms with E-state index < -0.39 is 0 Å². The number of rotatable bonds is 3. The fraction of sp³-hybridized carbons (Fsp3) is 0.304. The molecule has 8 heteroatoms. The Morgan fingerprint density at radius 2 is 2.03 bits per heavy atom. The number of hydrogen-bond donors (Lipinski definition) is 1. The second-order valence-corrected chi connectivity index (χ2v) is 7.96. The first-order valence-corrected chi connectivity index (χ1v) is 10.2. The highest BCUT2D eigenvalue weighted by Gasteiger charge is 2.25. The van der Waals surface area contributed by atoms with Crippen molar-refractivity contribution in [1.29, 1.82) is 5.26 Å². The summed E-state index contributed by atoms with van der Waals surface area (Å²) in [4.78, 5) is 34.2. The zero-order valence-corrected chi connectivity index (χ0v) is 17.8. The Bertz CT molecular complexity index is 1220. The average Bonchev–Trinajstić information content (AvgIpc) is 3.16. The minimum absolute atomic E-state index is 0.0493. The maximum Gasteiger partial charge on any atom is 0.280 e. The number of aromatic amines is 1.